The van der Waals surface area contributed by atoms with E-state index in [1.165, 1.54) is 5.56 Å². The van der Waals surface area contributed by atoms with Gasteiger partial charge in [0, 0.05) is 17.8 Å². The van der Waals surface area contributed by atoms with Crippen molar-refractivity contribution in [3.63, 3.8) is 0 Å². The summed E-state index contributed by atoms with van der Waals surface area (Å²) in [5.41, 5.74) is 4.28. The van der Waals surface area contributed by atoms with Gasteiger partial charge in [-0.3, -0.25) is 9.98 Å². The summed E-state index contributed by atoms with van der Waals surface area (Å²) in [6, 6.07) is 18.3. The predicted octanol–water partition coefficient (Wildman–Crippen LogP) is 4.29. The second-order valence-corrected chi connectivity index (χ2v) is 4.52. The van der Waals surface area contributed by atoms with Crippen molar-refractivity contribution in [2.24, 2.45) is 4.99 Å². The summed E-state index contributed by atoms with van der Waals surface area (Å²) < 4.78 is 0. The minimum absolute atomic E-state index is 0.950. The quantitative estimate of drug-likeness (QED) is 0.619. The molecule has 0 atom stereocenters. The molecule has 3 aromatic rings. The molecule has 0 aliphatic carbocycles. The van der Waals surface area contributed by atoms with Crippen LogP contribution in [-0.4, -0.2) is 11.2 Å². The molecule has 0 saturated carbocycles. The zero-order chi connectivity index (χ0) is 13.1. The molecule has 0 aliphatic heterocycles. The van der Waals surface area contributed by atoms with E-state index in [2.05, 4.69) is 41.2 Å². The fourth-order valence-electron chi connectivity index (χ4n) is 2.00. The summed E-state index contributed by atoms with van der Waals surface area (Å²) >= 11 is 0. The van der Waals surface area contributed by atoms with Crippen LogP contribution in [0, 0.1) is 6.92 Å². The zero-order valence-electron chi connectivity index (χ0n) is 10.7. The summed E-state index contributed by atoms with van der Waals surface area (Å²) in [5, 5.41) is 1.08. The Labute approximate surface area is 112 Å². The molecule has 0 bridgehead atoms. The summed E-state index contributed by atoms with van der Waals surface area (Å²) in [6.07, 6.45) is 3.69. The van der Waals surface area contributed by atoms with E-state index in [9.17, 15) is 0 Å². The van der Waals surface area contributed by atoms with Crippen LogP contribution in [-0.2, 0) is 0 Å². The van der Waals surface area contributed by atoms with Crippen molar-refractivity contribution in [2.45, 2.75) is 6.92 Å². The number of nitrogens with zero attached hydrogens (tertiary/aromatic N) is 2. The zero-order valence-corrected chi connectivity index (χ0v) is 10.7. The van der Waals surface area contributed by atoms with Gasteiger partial charge in [-0.2, -0.15) is 0 Å². The SMILES string of the molecule is Cc1ccc(C=Nc2cccc3ncccc23)cc1. The number of fused-ring (bicyclic) bond motifs is 1. The van der Waals surface area contributed by atoms with Gasteiger partial charge in [0.15, 0.2) is 0 Å². The summed E-state index contributed by atoms with van der Waals surface area (Å²) in [4.78, 5) is 8.90. The lowest BCUT2D eigenvalue weighted by Gasteiger charge is -2.00. The van der Waals surface area contributed by atoms with Crippen molar-refractivity contribution < 1.29 is 0 Å². The maximum absolute atomic E-state index is 4.57. The lowest BCUT2D eigenvalue weighted by molar-refractivity contribution is 1.40. The van der Waals surface area contributed by atoms with Gasteiger partial charge in [-0.05, 0) is 36.8 Å². The standard InChI is InChI=1S/C17H14N2/c1-13-7-9-14(10-8-13)12-19-17-6-2-5-16-15(17)4-3-11-18-16/h2-12H,1H3. The first-order valence-electron chi connectivity index (χ1n) is 6.27. The molecular weight excluding hydrogens is 232 g/mol. The van der Waals surface area contributed by atoms with Crippen LogP contribution >= 0.6 is 0 Å². The first-order valence-corrected chi connectivity index (χ1v) is 6.27. The summed E-state index contributed by atoms with van der Waals surface area (Å²) in [7, 11) is 0. The minimum atomic E-state index is 0.950. The first-order chi connectivity index (χ1) is 9.33. The van der Waals surface area contributed by atoms with Crippen LogP contribution in [0.5, 0.6) is 0 Å². The fraction of sp³-hybridized carbons (Fsp3) is 0.0588. The van der Waals surface area contributed by atoms with E-state index in [0.29, 0.717) is 0 Å². The molecule has 2 aromatic carbocycles. The molecule has 0 fully saturated rings. The van der Waals surface area contributed by atoms with E-state index in [-0.39, 0.29) is 0 Å². The van der Waals surface area contributed by atoms with Gasteiger partial charge in [-0.25, -0.2) is 0 Å². The average molecular weight is 246 g/mol. The molecule has 0 N–H and O–H groups in total. The Hall–Kier alpha value is -2.48. The van der Waals surface area contributed by atoms with Crippen LogP contribution in [0.3, 0.4) is 0 Å². The third kappa shape index (κ3) is 2.52. The fourth-order valence-corrected chi connectivity index (χ4v) is 2.00. The minimum Gasteiger partial charge on any atom is -0.256 e. The third-order valence-corrected chi connectivity index (χ3v) is 3.05. The lowest BCUT2D eigenvalue weighted by Crippen LogP contribution is -1.82. The van der Waals surface area contributed by atoms with Gasteiger partial charge in [-0.1, -0.05) is 35.9 Å². The number of hydrogen-bond acceptors (Lipinski definition) is 2. The van der Waals surface area contributed by atoms with Crippen molar-refractivity contribution in [3.8, 4) is 0 Å². The molecule has 1 aromatic heterocycles. The van der Waals surface area contributed by atoms with E-state index in [1.54, 1.807) is 6.20 Å². The van der Waals surface area contributed by atoms with Crippen LogP contribution in [0.1, 0.15) is 11.1 Å². The first kappa shape index (κ1) is 11.6. The Balaban J connectivity index is 1.99. The van der Waals surface area contributed by atoms with Crippen molar-refractivity contribution in [2.75, 3.05) is 0 Å². The Morgan fingerprint density at radius 1 is 0.947 bits per heavy atom. The molecule has 0 aliphatic rings. The number of aromatic nitrogens is 1. The maximum atomic E-state index is 4.57. The molecule has 92 valence electrons. The Kier molecular flexibility index (Phi) is 3.07. The smallest absolute Gasteiger partial charge is 0.0723 e. The highest BCUT2D eigenvalue weighted by molar-refractivity contribution is 5.93. The molecule has 19 heavy (non-hydrogen) atoms. The normalized spacial score (nSPS) is 11.2. The number of benzene rings is 2. The van der Waals surface area contributed by atoms with Gasteiger partial charge in [0.2, 0.25) is 0 Å². The number of rotatable bonds is 2. The summed E-state index contributed by atoms with van der Waals surface area (Å²) in [5.74, 6) is 0. The molecular formula is C17H14N2. The van der Waals surface area contributed by atoms with E-state index in [4.69, 9.17) is 0 Å². The van der Waals surface area contributed by atoms with Crippen LogP contribution < -0.4 is 0 Å². The van der Waals surface area contributed by atoms with Crippen LogP contribution in [0.4, 0.5) is 5.69 Å². The van der Waals surface area contributed by atoms with E-state index in [0.717, 1.165) is 22.2 Å². The second-order valence-electron chi connectivity index (χ2n) is 4.52. The maximum Gasteiger partial charge on any atom is 0.0723 e. The van der Waals surface area contributed by atoms with Gasteiger partial charge >= 0.3 is 0 Å². The van der Waals surface area contributed by atoms with Crippen molar-refractivity contribution in [3.05, 3.63) is 71.9 Å². The third-order valence-electron chi connectivity index (χ3n) is 3.05. The molecule has 3 rings (SSSR count). The van der Waals surface area contributed by atoms with Gasteiger partial charge in [0.1, 0.15) is 0 Å². The van der Waals surface area contributed by atoms with Gasteiger partial charge in [-0.15, -0.1) is 0 Å². The van der Waals surface area contributed by atoms with E-state index < -0.39 is 0 Å². The van der Waals surface area contributed by atoms with E-state index >= 15 is 0 Å². The summed E-state index contributed by atoms with van der Waals surface area (Å²) in [6.45, 7) is 2.08. The Morgan fingerprint density at radius 2 is 1.79 bits per heavy atom. The number of aliphatic imine (C=N–C) groups is 1. The molecule has 0 saturated heterocycles. The number of pyridine rings is 1. The molecule has 0 radical (unpaired) electrons. The highest BCUT2D eigenvalue weighted by Gasteiger charge is 1.98. The van der Waals surface area contributed by atoms with Crippen LogP contribution in [0.15, 0.2) is 65.8 Å². The van der Waals surface area contributed by atoms with Gasteiger partial charge < -0.3 is 0 Å². The number of hydrogen-bond donors (Lipinski definition) is 0. The largest absolute Gasteiger partial charge is 0.256 e. The topological polar surface area (TPSA) is 25.2 Å². The van der Waals surface area contributed by atoms with Crippen molar-refractivity contribution >= 4 is 22.8 Å². The molecule has 2 heteroatoms. The molecule has 0 amide bonds. The highest BCUT2D eigenvalue weighted by Crippen LogP contribution is 2.23. The highest BCUT2D eigenvalue weighted by atomic mass is 14.7. The average Bonchev–Trinajstić information content (AvgIpc) is 2.47. The van der Waals surface area contributed by atoms with Crippen LogP contribution in [0.2, 0.25) is 0 Å². The van der Waals surface area contributed by atoms with Crippen molar-refractivity contribution in [1.29, 1.82) is 0 Å². The predicted molar refractivity (Wildman–Crippen MR) is 80.2 cm³/mol. The molecule has 0 unspecified atom stereocenters. The Bertz CT molecular complexity index is 722. The number of aryl methyl sites for hydroxylation is 1. The molecule has 2 nitrogen and oxygen atoms in total. The molecule has 1 heterocycles. The van der Waals surface area contributed by atoms with Gasteiger partial charge in [0.05, 0.1) is 11.2 Å². The monoisotopic (exact) mass is 246 g/mol. The van der Waals surface area contributed by atoms with Crippen LogP contribution in [0.25, 0.3) is 10.9 Å². The van der Waals surface area contributed by atoms with Gasteiger partial charge in [0.25, 0.3) is 0 Å². The molecule has 0 spiro atoms. The lowest BCUT2D eigenvalue weighted by atomic mass is 10.1. The second kappa shape index (κ2) is 5.02. The van der Waals surface area contributed by atoms with Crippen molar-refractivity contribution in [1.82, 2.24) is 4.98 Å². The Morgan fingerprint density at radius 3 is 2.63 bits per heavy atom. The van der Waals surface area contributed by atoms with E-state index in [1.807, 2.05) is 36.5 Å².